The first kappa shape index (κ1) is 13.2. The second-order valence-electron chi connectivity index (χ2n) is 5.29. The van der Waals surface area contributed by atoms with Gasteiger partial charge in [-0.25, -0.2) is 0 Å². The zero-order valence-electron chi connectivity index (χ0n) is 10.6. The van der Waals surface area contributed by atoms with Crippen molar-refractivity contribution in [3.63, 3.8) is 0 Å². The maximum atomic E-state index is 12.8. The second-order valence-corrected chi connectivity index (χ2v) is 5.29. The highest BCUT2D eigenvalue weighted by atomic mass is 19.4. The first-order chi connectivity index (χ1) is 8.36. The Morgan fingerprint density at radius 1 is 1.22 bits per heavy atom. The molecule has 0 heterocycles. The van der Waals surface area contributed by atoms with Crippen LogP contribution in [0.1, 0.15) is 37.3 Å². The summed E-state index contributed by atoms with van der Waals surface area (Å²) in [6, 6.07) is 4.79. The van der Waals surface area contributed by atoms with Crippen LogP contribution < -0.4 is 5.32 Å². The minimum atomic E-state index is -4.27. The van der Waals surface area contributed by atoms with E-state index in [1.807, 2.05) is 0 Å². The molecule has 0 aromatic heterocycles. The SMILES string of the molecule is Cc1ccc(NC2CCC(C)C2)cc1C(F)(F)F. The van der Waals surface area contributed by atoms with Crippen molar-refractivity contribution in [1.82, 2.24) is 0 Å². The van der Waals surface area contributed by atoms with Crippen LogP contribution in [0.25, 0.3) is 0 Å². The molecule has 4 heteroatoms. The number of hydrogen-bond acceptors (Lipinski definition) is 1. The molecule has 1 saturated carbocycles. The smallest absolute Gasteiger partial charge is 0.382 e. The normalized spacial score (nSPS) is 24.3. The first-order valence-corrected chi connectivity index (χ1v) is 6.30. The highest BCUT2D eigenvalue weighted by molar-refractivity contribution is 5.50. The lowest BCUT2D eigenvalue weighted by Gasteiger charge is -2.17. The summed E-state index contributed by atoms with van der Waals surface area (Å²) in [4.78, 5) is 0. The Hall–Kier alpha value is -1.19. The van der Waals surface area contributed by atoms with E-state index in [0.29, 0.717) is 17.6 Å². The quantitative estimate of drug-likeness (QED) is 0.815. The van der Waals surface area contributed by atoms with Gasteiger partial charge in [-0.1, -0.05) is 13.0 Å². The molecule has 0 saturated heterocycles. The van der Waals surface area contributed by atoms with E-state index in [1.54, 1.807) is 6.07 Å². The van der Waals surface area contributed by atoms with Gasteiger partial charge in [0, 0.05) is 11.7 Å². The molecule has 0 aliphatic heterocycles. The van der Waals surface area contributed by atoms with Crippen molar-refractivity contribution in [3.8, 4) is 0 Å². The lowest BCUT2D eigenvalue weighted by molar-refractivity contribution is -0.138. The Bertz CT molecular complexity index is 426. The van der Waals surface area contributed by atoms with Crippen molar-refractivity contribution >= 4 is 5.69 Å². The Labute approximate surface area is 105 Å². The molecule has 0 bridgehead atoms. The fourth-order valence-corrected chi connectivity index (χ4v) is 2.59. The molecule has 1 nitrogen and oxygen atoms in total. The van der Waals surface area contributed by atoms with Crippen LogP contribution in [0.2, 0.25) is 0 Å². The Morgan fingerprint density at radius 3 is 2.50 bits per heavy atom. The van der Waals surface area contributed by atoms with Crippen molar-refractivity contribution < 1.29 is 13.2 Å². The summed E-state index contributed by atoms with van der Waals surface area (Å²) in [6.07, 6.45) is -1.05. The highest BCUT2D eigenvalue weighted by Crippen LogP contribution is 2.34. The molecule has 1 aromatic carbocycles. The zero-order valence-corrected chi connectivity index (χ0v) is 10.6. The fourth-order valence-electron chi connectivity index (χ4n) is 2.59. The van der Waals surface area contributed by atoms with Crippen LogP contribution in [0.4, 0.5) is 18.9 Å². The summed E-state index contributed by atoms with van der Waals surface area (Å²) in [5.41, 5.74) is 0.304. The van der Waals surface area contributed by atoms with Crippen molar-refractivity contribution in [2.45, 2.75) is 45.3 Å². The monoisotopic (exact) mass is 257 g/mol. The molecule has 1 aliphatic rings. The van der Waals surface area contributed by atoms with Gasteiger partial charge in [-0.2, -0.15) is 13.2 Å². The molecule has 18 heavy (non-hydrogen) atoms. The lowest BCUT2D eigenvalue weighted by Crippen LogP contribution is -2.16. The standard InChI is InChI=1S/C14H18F3N/c1-9-3-5-11(7-9)18-12-6-4-10(2)13(8-12)14(15,16)17/h4,6,8-9,11,18H,3,5,7H2,1-2H3. The Morgan fingerprint density at radius 2 is 1.94 bits per heavy atom. The van der Waals surface area contributed by atoms with Crippen LogP contribution in [0, 0.1) is 12.8 Å². The van der Waals surface area contributed by atoms with Crippen LogP contribution in [-0.4, -0.2) is 6.04 Å². The third kappa shape index (κ3) is 2.98. The van der Waals surface area contributed by atoms with Crippen molar-refractivity contribution in [2.75, 3.05) is 5.32 Å². The first-order valence-electron chi connectivity index (χ1n) is 6.30. The van der Waals surface area contributed by atoms with Crippen LogP contribution >= 0.6 is 0 Å². The van der Waals surface area contributed by atoms with Crippen molar-refractivity contribution in [3.05, 3.63) is 29.3 Å². The van der Waals surface area contributed by atoms with Gasteiger partial charge in [0.2, 0.25) is 0 Å². The van der Waals surface area contributed by atoms with E-state index in [2.05, 4.69) is 12.2 Å². The van der Waals surface area contributed by atoms with Gasteiger partial charge in [0.25, 0.3) is 0 Å². The lowest BCUT2D eigenvalue weighted by atomic mass is 10.1. The van der Waals surface area contributed by atoms with Gasteiger partial charge < -0.3 is 5.32 Å². The second kappa shape index (κ2) is 4.82. The van der Waals surface area contributed by atoms with E-state index in [1.165, 1.54) is 19.1 Å². The number of anilines is 1. The minimum Gasteiger partial charge on any atom is -0.382 e. The molecule has 0 spiro atoms. The maximum Gasteiger partial charge on any atom is 0.416 e. The molecule has 1 fully saturated rings. The molecular formula is C14H18F3N. The van der Waals surface area contributed by atoms with Gasteiger partial charge in [0.1, 0.15) is 0 Å². The third-order valence-corrected chi connectivity index (χ3v) is 3.61. The fraction of sp³-hybridized carbons (Fsp3) is 0.571. The van der Waals surface area contributed by atoms with Crippen LogP contribution in [0.15, 0.2) is 18.2 Å². The number of nitrogens with one attached hydrogen (secondary N) is 1. The highest BCUT2D eigenvalue weighted by Gasteiger charge is 2.32. The number of benzene rings is 1. The van der Waals surface area contributed by atoms with Crippen molar-refractivity contribution in [1.29, 1.82) is 0 Å². The van der Waals surface area contributed by atoms with E-state index < -0.39 is 11.7 Å². The summed E-state index contributed by atoms with van der Waals surface area (Å²) < 4.78 is 38.3. The predicted octanol–water partition coefficient (Wildman–Crippen LogP) is 4.61. The minimum absolute atomic E-state index is 0.271. The molecule has 0 radical (unpaired) electrons. The molecular weight excluding hydrogens is 239 g/mol. The van der Waals surface area contributed by atoms with Gasteiger partial charge in [0.05, 0.1) is 5.56 Å². The average Bonchev–Trinajstić information content (AvgIpc) is 2.65. The third-order valence-electron chi connectivity index (χ3n) is 3.61. The summed E-state index contributed by atoms with van der Waals surface area (Å²) in [7, 11) is 0. The van der Waals surface area contributed by atoms with Crippen LogP contribution in [-0.2, 0) is 6.18 Å². The van der Waals surface area contributed by atoms with Crippen molar-refractivity contribution in [2.24, 2.45) is 5.92 Å². The van der Waals surface area contributed by atoms with Gasteiger partial charge in [-0.3, -0.25) is 0 Å². The van der Waals surface area contributed by atoms with E-state index in [9.17, 15) is 13.2 Å². The molecule has 2 rings (SSSR count). The van der Waals surface area contributed by atoms with Crippen LogP contribution in [0.5, 0.6) is 0 Å². The number of rotatable bonds is 2. The summed E-state index contributed by atoms with van der Waals surface area (Å²) in [5.74, 6) is 0.662. The van der Waals surface area contributed by atoms with E-state index >= 15 is 0 Å². The summed E-state index contributed by atoms with van der Waals surface area (Å²) >= 11 is 0. The number of halogens is 3. The molecule has 0 amide bonds. The van der Waals surface area contributed by atoms with E-state index in [-0.39, 0.29) is 5.56 Å². The number of hydrogen-bond donors (Lipinski definition) is 1. The number of alkyl halides is 3. The van der Waals surface area contributed by atoms with E-state index in [0.717, 1.165) is 19.3 Å². The topological polar surface area (TPSA) is 12.0 Å². The van der Waals surface area contributed by atoms with Gasteiger partial charge in [-0.15, -0.1) is 0 Å². The molecule has 1 N–H and O–H groups in total. The number of aryl methyl sites for hydroxylation is 1. The summed E-state index contributed by atoms with van der Waals surface area (Å²) in [5, 5.41) is 3.21. The molecule has 1 aliphatic carbocycles. The van der Waals surface area contributed by atoms with Gasteiger partial charge in [-0.05, 0) is 49.8 Å². The molecule has 2 unspecified atom stereocenters. The molecule has 1 aromatic rings. The molecule has 2 atom stereocenters. The Kier molecular flexibility index (Phi) is 3.55. The summed E-state index contributed by atoms with van der Waals surface area (Å²) in [6.45, 7) is 3.67. The van der Waals surface area contributed by atoms with E-state index in [4.69, 9.17) is 0 Å². The van der Waals surface area contributed by atoms with Gasteiger partial charge >= 0.3 is 6.18 Å². The Balaban J connectivity index is 2.15. The predicted molar refractivity (Wildman–Crippen MR) is 66.6 cm³/mol. The molecule has 100 valence electrons. The zero-order chi connectivity index (χ0) is 13.3. The maximum absolute atomic E-state index is 12.8. The van der Waals surface area contributed by atoms with Crippen LogP contribution in [0.3, 0.4) is 0 Å². The van der Waals surface area contributed by atoms with Gasteiger partial charge in [0.15, 0.2) is 0 Å². The average molecular weight is 257 g/mol. The largest absolute Gasteiger partial charge is 0.416 e.